The Balaban J connectivity index is 2.16. The smallest absolute Gasteiger partial charge is 0.247 e. The highest BCUT2D eigenvalue weighted by molar-refractivity contribution is 9.11. The van der Waals surface area contributed by atoms with Gasteiger partial charge in [-0.3, -0.25) is 0 Å². The number of rotatable bonds is 3. The number of halogens is 2. The second-order valence-corrected chi connectivity index (χ2v) is 7.09. The molecule has 0 fully saturated rings. The average Bonchev–Trinajstić information content (AvgIpc) is 2.72. The Morgan fingerprint density at radius 3 is 2.32 bits per heavy atom. The third-order valence-corrected chi connectivity index (χ3v) is 3.26. The van der Waals surface area contributed by atoms with E-state index in [4.69, 9.17) is 4.42 Å². The molecule has 0 amide bonds. The van der Waals surface area contributed by atoms with Crippen LogP contribution in [0.25, 0.3) is 11.5 Å². The highest BCUT2D eigenvalue weighted by atomic mass is 79.9. The molecule has 4 nitrogen and oxygen atoms in total. The second kappa shape index (κ2) is 5.73. The summed E-state index contributed by atoms with van der Waals surface area (Å²) in [6.45, 7) is 6.84. The molecule has 0 aliphatic rings. The normalized spacial score (nSPS) is 11.8. The number of nitrogens with zero attached hydrogens (tertiary/aromatic N) is 2. The summed E-state index contributed by atoms with van der Waals surface area (Å²) in [6, 6.07) is 5.85. The summed E-state index contributed by atoms with van der Waals surface area (Å²) < 4.78 is 7.57. The first-order chi connectivity index (χ1) is 8.83. The SMILES string of the molecule is CC(C)(C)NCc1nnc(-c2cc(Br)cc(Br)c2)o1. The Morgan fingerprint density at radius 2 is 1.74 bits per heavy atom. The van der Waals surface area contributed by atoms with Gasteiger partial charge in [-0.05, 0) is 39.0 Å². The molecule has 0 bridgehead atoms. The number of hydrogen-bond donors (Lipinski definition) is 1. The maximum absolute atomic E-state index is 5.65. The first-order valence-electron chi connectivity index (χ1n) is 5.87. The fraction of sp³-hybridized carbons (Fsp3) is 0.385. The van der Waals surface area contributed by atoms with Crippen molar-refractivity contribution in [2.24, 2.45) is 0 Å². The molecule has 102 valence electrons. The molecule has 1 aromatic carbocycles. The fourth-order valence-electron chi connectivity index (χ4n) is 1.46. The first-order valence-corrected chi connectivity index (χ1v) is 7.46. The molecule has 6 heteroatoms. The minimum absolute atomic E-state index is 0.0213. The maximum atomic E-state index is 5.65. The van der Waals surface area contributed by atoms with Crippen molar-refractivity contribution < 1.29 is 4.42 Å². The van der Waals surface area contributed by atoms with Gasteiger partial charge in [0.25, 0.3) is 0 Å². The molecule has 0 unspecified atom stereocenters. The quantitative estimate of drug-likeness (QED) is 0.857. The van der Waals surface area contributed by atoms with Crippen LogP contribution in [0.4, 0.5) is 0 Å². The molecule has 2 rings (SSSR count). The summed E-state index contributed by atoms with van der Waals surface area (Å²) in [6.07, 6.45) is 0. The van der Waals surface area contributed by atoms with Crippen molar-refractivity contribution in [3.63, 3.8) is 0 Å². The van der Waals surface area contributed by atoms with E-state index in [0.29, 0.717) is 18.3 Å². The molecule has 2 aromatic rings. The second-order valence-electron chi connectivity index (χ2n) is 5.26. The van der Waals surface area contributed by atoms with E-state index in [1.54, 1.807) is 0 Å². The Labute approximate surface area is 129 Å². The molecule has 0 spiro atoms. The highest BCUT2D eigenvalue weighted by Crippen LogP contribution is 2.26. The number of nitrogens with one attached hydrogen (secondary N) is 1. The molecule has 0 saturated heterocycles. The summed E-state index contributed by atoms with van der Waals surface area (Å²) in [4.78, 5) is 0. The van der Waals surface area contributed by atoms with Gasteiger partial charge in [-0.25, -0.2) is 0 Å². The maximum Gasteiger partial charge on any atom is 0.247 e. The van der Waals surface area contributed by atoms with Crippen LogP contribution in [0.15, 0.2) is 31.6 Å². The summed E-state index contributed by atoms with van der Waals surface area (Å²) in [7, 11) is 0. The van der Waals surface area contributed by atoms with Crippen molar-refractivity contribution in [3.8, 4) is 11.5 Å². The van der Waals surface area contributed by atoms with Crippen molar-refractivity contribution in [3.05, 3.63) is 33.0 Å². The monoisotopic (exact) mass is 387 g/mol. The molecule has 0 aliphatic carbocycles. The number of hydrogen-bond acceptors (Lipinski definition) is 4. The van der Waals surface area contributed by atoms with Gasteiger partial charge in [0.05, 0.1) is 6.54 Å². The van der Waals surface area contributed by atoms with Crippen LogP contribution in [0, 0.1) is 0 Å². The summed E-state index contributed by atoms with van der Waals surface area (Å²) in [5, 5.41) is 11.4. The van der Waals surface area contributed by atoms with E-state index in [2.05, 4.69) is 68.1 Å². The van der Waals surface area contributed by atoms with Crippen LogP contribution in [-0.2, 0) is 6.54 Å². The largest absolute Gasteiger partial charge is 0.419 e. The van der Waals surface area contributed by atoms with E-state index in [0.717, 1.165) is 14.5 Å². The molecule has 1 N–H and O–H groups in total. The predicted octanol–water partition coefficient (Wildman–Crippen LogP) is 4.15. The van der Waals surface area contributed by atoms with E-state index >= 15 is 0 Å². The lowest BCUT2D eigenvalue weighted by Gasteiger charge is -2.18. The van der Waals surface area contributed by atoms with Crippen LogP contribution in [0.2, 0.25) is 0 Å². The average molecular weight is 389 g/mol. The minimum atomic E-state index is 0.0213. The third kappa shape index (κ3) is 4.40. The van der Waals surface area contributed by atoms with Gasteiger partial charge in [-0.1, -0.05) is 31.9 Å². The number of benzene rings is 1. The van der Waals surface area contributed by atoms with Crippen LogP contribution < -0.4 is 5.32 Å². The van der Waals surface area contributed by atoms with Gasteiger partial charge in [0, 0.05) is 20.0 Å². The van der Waals surface area contributed by atoms with Gasteiger partial charge in [0.15, 0.2) is 0 Å². The molecule has 1 heterocycles. The van der Waals surface area contributed by atoms with E-state index < -0.39 is 0 Å². The van der Waals surface area contributed by atoms with Crippen LogP contribution in [0.3, 0.4) is 0 Å². The van der Waals surface area contributed by atoms with Crippen LogP contribution in [0.5, 0.6) is 0 Å². The van der Waals surface area contributed by atoms with Crippen LogP contribution in [-0.4, -0.2) is 15.7 Å². The third-order valence-electron chi connectivity index (χ3n) is 2.35. The van der Waals surface area contributed by atoms with Crippen molar-refractivity contribution >= 4 is 31.9 Å². The Morgan fingerprint density at radius 1 is 1.11 bits per heavy atom. The van der Waals surface area contributed by atoms with E-state index in [-0.39, 0.29) is 5.54 Å². The van der Waals surface area contributed by atoms with Gasteiger partial charge in [0.2, 0.25) is 11.8 Å². The fourth-order valence-corrected chi connectivity index (χ4v) is 2.75. The standard InChI is InChI=1S/C13H15Br2N3O/c1-13(2,3)16-7-11-17-18-12(19-11)8-4-9(14)6-10(15)5-8/h4-6,16H,7H2,1-3H3. The van der Waals surface area contributed by atoms with Gasteiger partial charge < -0.3 is 9.73 Å². The molecular formula is C13H15Br2N3O. The van der Waals surface area contributed by atoms with Crippen LogP contribution >= 0.6 is 31.9 Å². The van der Waals surface area contributed by atoms with Gasteiger partial charge in [0.1, 0.15) is 0 Å². The van der Waals surface area contributed by atoms with E-state index in [1.807, 2.05) is 18.2 Å². The van der Waals surface area contributed by atoms with E-state index in [9.17, 15) is 0 Å². The summed E-state index contributed by atoms with van der Waals surface area (Å²) >= 11 is 6.88. The zero-order valence-electron chi connectivity index (χ0n) is 11.0. The van der Waals surface area contributed by atoms with Crippen LogP contribution in [0.1, 0.15) is 26.7 Å². The lowest BCUT2D eigenvalue weighted by Crippen LogP contribution is -2.35. The van der Waals surface area contributed by atoms with Crippen molar-refractivity contribution in [1.82, 2.24) is 15.5 Å². The molecule has 19 heavy (non-hydrogen) atoms. The lowest BCUT2D eigenvalue weighted by atomic mass is 10.1. The Hall–Kier alpha value is -0.720. The number of aromatic nitrogens is 2. The lowest BCUT2D eigenvalue weighted by molar-refractivity contribution is 0.383. The van der Waals surface area contributed by atoms with Crippen molar-refractivity contribution in [1.29, 1.82) is 0 Å². The van der Waals surface area contributed by atoms with E-state index in [1.165, 1.54) is 0 Å². The first kappa shape index (κ1) is 14.7. The molecule has 0 saturated carbocycles. The molecule has 0 aliphatic heterocycles. The zero-order chi connectivity index (χ0) is 14.0. The Bertz CT molecular complexity index is 555. The minimum Gasteiger partial charge on any atom is -0.419 e. The Kier molecular flexibility index (Phi) is 4.43. The van der Waals surface area contributed by atoms with Gasteiger partial charge >= 0.3 is 0 Å². The van der Waals surface area contributed by atoms with Gasteiger partial charge in [-0.2, -0.15) is 0 Å². The molecule has 0 atom stereocenters. The summed E-state index contributed by atoms with van der Waals surface area (Å²) in [5.74, 6) is 1.11. The highest BCUT2D eigenvalue weighted by Gasteiger charge is 2.13. The van der Waals surface area contributed by atoms with Gasteiger partial charge in [-0.15, -0.1) is 10.2 Å². The summed E-state index contributed by atoms with van der Waals surface area (Å²) in [5.41, 5.74) is 0.906. The molecule has 0 radical (unpaired) electrons. The molecule has 1 aromatic heterocycles. The topological polar surface area (TPSA) is 51.0 Å². The van der Waals surface area contributed by atoms with Crippen molar-refractivity contribution in [2.45, 2.75) is 32.9 Å². The van der Waals surface area contributed by atoms with Crippen molar-refractivity contribution in [2.75, 3.05) is 0 Å². The predicted molar refractivity (Wildman–Crippen MR) is 81.7 cm³/mol. The molecular weight excluding hydrogens is 374 g/mol. The zero-order valence-corrected chi connectivity index (χ0v) is 14.2.